The lowest BCUT2D eigenvalue weighted by atomic mass is 10.1. The molecule has 5 heteroatoms. The molecule has 18 heavy (non-hydrogen) atoms. The van der Waals surface area contributed by atoms with Gasteiger partial charge in [0.05, 0.1) is 6.10 Å². The summed E-state index contributed by atoms with van der Waals surface area (Å²) in [6.07, 6.45) is 5.06. The van der Waals surface area contributed by atoms with E-state index < -0.39 is 0 Å². The summed E-state index contributed by atoms with van der Waals surface area (Å²) in [5.41, 5.74) is 0. The predicted molar refractivity (Wildman–Crippen MR) is 69.6 cm³/mol. The van der Waals surface area contributed by atoms with Crippen LogP contribution in [0.4, 0.5) is 5.95 Å². The van der Waals surface area contributed by atoms with Crippen LogP contribution in [0, 0.1) is 5.92 Å². The zero-order valence-electron chi connectivity index (χ0n) is 11.0. The van der Waals surface area contributed by atoms with Gasteiger partial charge in [0.25, 0.3) is 0 Å². The lowest BCUT2D eigenvalue weighted by Crippen LogP contribution is -2.27. The second-order valence-electron chi connectivity index (χ2n) is 5.01. The summed E-state index contributed by atoms with van der Waals surface area (Å²) < 4.78 is 5.53. The molecule has 0 bridgehead atoms. The maximum Gasteiger partial charge on any atom is 0.226 e. The van der Waals surface area contributed by atoms with E-state index in [9.17, 15) is 5.11 Å². The molecule has 0 saturated heterocycles. The van der Waals surface area contributed by atoms with Crippen molar-refractivity contribution in [2.24, 2.45) is 5.92 Å². The minimum absolute atomic E-state index is 0.101. The fraction of sp³-hybridized carbons (Fsp3) is 0.692. The first-order valence-electron chi connectivity index (χ1n) is 6.56. The van der Waals surface area contributed by atoms with Gasteiger partial charge in [-0.25, -0.2) is 4.98 Å². The maximum absolute atomic E-state index is 9.28. The monoisotopic (exact) mass is 251 g/mol. The smallest absolute Gasteiger partial charge is 0.226 e. The Labute approximate surface area is 108 Å². The van der Waals surface area contributed by atoms with Gasteiger partial charge >= 0.3 is 0 Å². The van der Waals surface area contributed by atoms with Gasteiger partial charge in [0.15, 0.2) is 0 Å². The van der Waals surface area contributed by atoms with E-state index in [-0.39, 0.29) is 18.8 Å². The second kappa shape index (κ2) is 6.00. The molecule has 0 amide bonds. The van der Waals surface area contributed by atoms with E-state index >= 15 is 0 Å². The Morgan fingerprint density at radius 1 is 1.50 bits per heavy atom. The zero-order chi connectivity index (χ0) is 13.0. The maximum atomic E-state index is 9.28. The molecular weight excluding hydrogens is 230 g/mol. The zero-order valence-corrected chi connectivity index (χ0v) is 11.0. The lowest BCUT2D eigenvalue weighted by molar-refractivity contribution is 0.222. The highest BCUT2D eigenvalue weighted by Crippen LogP contribution is 2.27. The number of aromatic nitrogens is 2. The van der Waals surface area contributed by atoms with Crippen LogP contribution < -0.4 is 10.1 Å². The first-order chi connectivity index (χ1) is 8.69. The Morgan fingerprint density at radius 3 is 3.06 bits per heavy atom. The predicted octanol–water partition coefficient (Wildman–Crippen LogP) is 1.84. The quantitative estimate of drug-likeness (QED) is 0.835. The van der Waals surface area contributed by atoms with Crippen molar-refractivity contribution in [3.8, 4) is 5.88 Å². The molecule has 0 aromatic carbocycles. The van der Waals surface area contributed by atoms with E-state index in [1.807, 2.05) is 13.8 Å². The van der Waals surface area contributed by atoms with Crippen LogP contribution in [-0.2, 0) is 0 Å². The normalized spacial score (nSPS) is 23.3. The molecule has 1 aromatic heterocycles. The summed E-state index contributed by atoms with van der Waals surface area (Å²) in [5, 5.41) is 12.6. The molecule has 0 radical (unpaired) electrons. The summed E-state index contributed by atoms with van der Waals surface area (Å²) in [5.74, 6) is 1.47. The SMILES string of the molecule is CC(C)Oc1ccnc(NC2CCCC2CO)n1. The van der Waals surface area contributed by atoms with E-state index in [4.69, 9.17) is 4.74 Å². The number of anilines is 1. The van der Waals surface area contributed by atoms with Crippen molar-refractivity contribution in [1.29, 1.82) is 0 Å². The van der Waals surface area contributed by atoms with Gasteiger partial charge in [0.1, 0.15) is 0 Å². The number of hydrogen-bond acceptors (Lipinski definition) is 5. The van der Waals surface area contributed by atoms with Gasteiger partial charge in [-0.3, -0.25) is 0 Å². The molecule has 0 aliphatic heterocycles. The van der Waals surface area contributed by atoms with Gasteiger partial charge in [-0.2, -0.15) is 4.98 Å². The highest BCUT2D eigenvalue weighted by Gasteiger charge is 2.27. The van der Waals surface area contributed by atoms with Crippen LogP contribution in [0.5, 0.6) is 5.88 Å². The first kappa shape index (κ1) is 13.1. The molecule has 1 saturated carbocycles. The molecule has 5 nitrogen and oxygen atoms in total. The van der Waals surface area contributed by atoms with Crippen LogP contribution in [0.2, 0.25) is 0 Å². The van der Waals surface area contributed by atoms with E-state index in [0.717, 1.165) is 19.3 Å². The summed E-state index contributed by atoms with van der Waals surface area (Å²) in [6, 6.07) is 2.02. The van der Waals surface area contributed by atoms with Crippen molar-refractivity contribution in [3.05, 3.63) is 12.3 Å². The lowest BCUT2D eigenvalue weighted by Gasteiger charge is -2.19. The molecule has 1 aromatic rings. The van der Waals surface area contributed by atoms with E-state index in [0.29, 0.717) is 17.7 Å². The van der Waals surface area contributed by atoms with Crippen molar-refractivity contribution in [3.63, 3.8) is 0 Å². The van der Waals surface area contributed by atoms with Crippen molar-refractivity contribution >= 4 is 5.95 Å². The van der Waals surface area contributed by atoms with Crippen LogP contribution >= 0.6 is 0 Å². The van der Waals surface area contributed by atoms with Crippen molar-refractivity contribution in [2.45, 2.75) is 45.3 Å². The Hall–Kier alpha value is -1.36. The number of ether oxygens (including phenoxy) is 1. The standard InChI is InChI=1S/C13H21N3O2/c1-9(2)18-12-6-7-14-13(16-12)15-11-5-3-4-10(11)8-17/h6-7,9-11,17H,3-5,8H2,1-2H3,(H,14,15,16). The molecule has 1 fully saturated rings. The average molecular weight is 251 g/mol. The van der Waals surface area contributed by atoms with Crippen LogP contribution in [0.15, 0.2) is 12.3 Å². The van der Waals surface area contributed by atoms with E-state index in [2.05, 4.69) is 15.3 Å². The number of aliphatic hydroxyl groups excluding tert-OH is 1. The number of aliphatic hydroxyl groups is 1. The summed E-state index contributed by atoms with van der Waals surface area (Å²) in [7, 11) is 0. The minimum Gasteiger partial charge on any atom is -0.475 e. The minimum atomic E-state index is 0.101. The average Bonchev–Trinajstić information content (AvgIpc) is 2.76. The van der Waals surface area contributed by atoms with Crippen molar-refractivity contribution < 1.29 is 9.84 Å². The molecule has 2 atom stereocenters. The molecular formula is C13H21N3O2. The molecule has 2 rings (SSSR count). The van der Waals surface area contributed by atoms with Gasteiger partial charge in [0.2, 0.25) is 11.8 Å². The van der Waals surface area contributed by atoms with Gasteiger partial charge < -0.3 is 15.2 Å². The molecule has 2 N–H and O–H groups in total. The molecule has 1 heterocycles. The summed E-state index contributed by atoms with van der Waals surface area (Å²) in [4.78, 5) is 8.51. The molecule has 2 unspecified atom stereocenters. The van der Waals surface area contributed by atoms with Gasteiger partial charge in [0, 0.05) is 30.8 Å². The van der Waals surface area contributed by atoms with Gasteiger partial charge in [-0.05, 0) is 26.7 Å². The topological polar surface area (TPSA) is 67.3 Å². The number of rotatable bonds is 5. The molecule has 100 valence electrons. The molecule has 1 aliphatic rings. The largest absolute Gasteiger partial charge is 0.475 e. The van der Waals surface area contributed by atoms with Crippen LogP contribution in [0.25, 0.3) is 0 Å². The Kier molecular flexibility index (Phi) is 4.36. The third-order valence-corrected chi connectivity index (χ3v) is 3.19. The van der Waals surface area contributed by atoms with E-state index in [1.54, 1.807) is 12.3 Å². The van der Waals surface area contributed by atoms with Crippen molar-refractivity contribution in [1.82, 2.24) is 9.97 Å². The number of nitrogens with one attached hydrogen (secondary N) is 1. The highest BCUT2D eigenvalue weighted by atomic mass is 16.5. The number of hydrogen-bond donors (Lipinski definition) is 2. The Bertz CT molecular complexity index is 384. The second-order valence-corrected chi connectivity index (χ2v) is 5.01. The van der Waals surface area contributed by atoms with Crippen LogP contribution in [0.1, 0.15) is 33.1 Å². The number of nitrogens with zero attached hydrogens (tertiary/aromatic N) is 2. The third kappa shape index (κ3) is 3.32. The molecule has 1 aliphatic carbocycles. The van der Waals surface area contributed by atoms with Crippen molar-refractivity contribution in [2.75, 3.05) is 11.9 Å². The third-order valence-electron chi connectivity index (χ3n) is 3.19. The van der Waals surface area contributed by atoms with E-state index in [1.165, 1.54) is 0 Å². The first-order valence-corrected chi connectivity index (χ1v) is 6.56. The van der Waals surface area contributed by atoms with Gasteiger partial charge in [-0.15, -0.1) is 0 Å². The van der Waals surface area contributed by atoms with Gasteiger partial charge in [-0.1, -0.05) is 6.42 Å². The van der Waals surface area contributed by atoms with Crippen LogP contribution in [-0.4, -0.2) is 33.8 Å². The van der Waals surface area contributed by atoms with Crippen LogP contribution in [0.3, 0.4) is 0 Å². The Morgan fingerprint density at radius 2 is 2.33 bits per heavy atom. The fourth-order valence-electron chi connectivity index (χ4n) is 2.33. The highest BCUT2D eigenvalue weighted by molar-refractivity contribution is 5.29. The molecule has 0 spiro atoms. The fourth-order valence-corrected chi connectivity index (χ4v) is 2.33. The Balaban J connectivity index is 2.00. The summed E-state index contributed by atoms with van der Waals surface area (Å²) >= 11 is 0. The summed E-state index contributed by atoms with van der Waals surface area (Å²) in [6.45, 7) is 4.15.